The second-order valence-corrected chi connectivity index (χ2v) is 12.2. The number of aromatic nitrogens is 2. The van der Waals surface area contributed by atoms with Crippen molar-refractivity contribution in [1.29, 1.82) is 0 Å². The summed E-state index contributed by atoms with van der Waals surface area (Å²) in [6, 6.07) is 26.6. The summed E-state index contributed by atoms with van der Waals surface area (Å²) in [6.45, 7) is 3.61. The van der Waals surface area contributed by atoms with Crippen LogP contribution in [0.1, 0.15) is 28.0 Å². The van der Waals surface area contributed by atoms with E-state index in [-0.39, 0.29) is 11.6 Å². The number of furan rings is 1. The van der Waals surface area contributed by atoms with Gasteiger partial charge in [0.1, 0.15) is 28.0 Å². The lowest BCUT2D eigenvalue weighted by molar-refractivity contribution is -0.115. The van der Waals surface area contributed by atoms with E-state index in [1.54, 1.807) is 80.8 Å². The van der Waals surface area contributed by atoms with Gasteiger partial charge < -0.3 is 19.8 Å². The van der Waals surface area contributed by atoms with E-state index in [0.717, 1.165) is 15.5 Å². The van der Waals surface area contributed by atoms with Crippen LogP contribution in [0, 0.1) is 6.92 Å². The SMILES string of the molecule is COc1ccccc1-c1ccc(C=C(NC(=O)c2ccccc2)C(=O)Nc2ccc(SC(C)C(=O)Nc3nnc(C)s3)cc2)o1. The van der Waals surface area contributed by atoms with Crippen molar-refractivity contribution in [2.75, 3.05) is 17.7 Å². The van der Waals surface area contributed by atoms with Crippen LogP contribution in [0.2, 0.25) is 0 Å². The van der Waals surface area contributed by atoms with E-state index in [1.807, 2.05) is 31.2 Å². The molecular weight excluding hydrogens is 611 g/mol. The molecule has 0 saturated heterocycles. The number of methoxy groups -OCH3 is 1. The van der Waals surface area contributed by atoms with Gasteiger partial charge in [0.25, 0.3) is 11.8 Å². The Hall–Kier alpha value is -5.20. The standard InChI is InChI=1S/C33H29N5O5S2/c1-20(30(39)36-33-38-37-21(2)45-33)44-25-16-13-23(14-17-25)34-32(41)27(35-31(40)22-9-5-4-6-10-22)19-24-15-18-29(43-24)26-11-7-8-12-28(26)42-3/h4-20H,1-3H3,(H,34,41)(H,35,40)(H,36,38,39). The maximum absolute atomic E-state index is 13.5. The smallest absolute Gasteiger partial charge is 0.272 e. The summed E-state index contributed by atoms with van der Waals surface area (Å²) in [7, 11) is 1.58. The number of carbonyl (C=O) groups is 3. The molecule has 5 rings (SSSR count). The van der Waals surface area contributed by atoms with Crippen molar-refractivity contribution >= 4 is 57.7 Å². The molecule has 10 nitrogen and oxygen atoms in total. The summed E-state index contributed by atoms with van der Waals surface area (Å²) in [4.78, 5) is 39.9. The Morgan fingerprint density at radius 2 is 1.64 bits per heavy atom. The zero-order valence-corrected chi connectivity index (χ0v) is 26.2. The van der Waals surface area contributed by atoms with E-state index >= 15 is 0 Å². The third-order valence-corrected chi connectivity index (χ3v) is 8.23. The number of rotatable bonds is 11. The molecule has 12 heteroatoms. The number of ether oxygens (including phenoxy) is 1. The van der Waals surface area contributed by atoms with Gasteiger partial charge in [-0.25, -0.2) is 0 Å². The second kappa shape index (κ2) is 14.5. The average Bonchev–Trinajstić information content (AvgIpc) is 3.70. The van der Waals surface area contributed by atoms with Gasteiger partial charge in [0.2, 0.25) is 11.0 Å². The number of nitrogens with one attached hydrogen (secondary N) is 3. The van der Waals surface area contributed by atoms with Gasteiger partial charge in [0.05, 0.1) is 17.9 Å². The highest BCUT2D eigenvalue weighted by Gasteiger charge is 2.19. The number of amides is 3. The first-order valence-corrected chi connectivity index (χ1v) is 15.5. The number of nitrogens with zero attached hydrogens (tertiary/aromatic N) is 2. The molecule has 1 unspecified atom stereocenters. The Morgan fingerprint density at radius 3 is 2.36 bits per heavy atom. The summed E-state index contributed by atoms with van der Waals surface area (Å²) in [5.41, 5.74) is 1.63. The van der Waals surface area contributed by atoms with Crippen molar-refractivity contribution in [3.05, 3.63) is 113 Å². The van der Waals surface area contributed by atoms with Gasteiger partial charge >= 0.3 is 0 Å². The van der Waals surface area contributed by atoms with E-state index < -0.39 is 17.1 Å². The normalized spacial score (nSPS) is 11.8. The number of hydrogen-bond acceptors (Lipinski definition) is 9. The van der Waals surface area contributed by atoms with Crippen LogP contribution in [-0.2, 0) is 9.59 Å². The molecule has 0 aliphatic heterocycles. The largest absolute Gasteiger partial charge is 0.496 e. The van der Waals surface area contributed by atoms with Crippen LogP contribution < -0.4 is 20.7 Å². The lowest BCUT2D eigenvalue weighted by Crippen LogP contribution is -2.30. The molecule has 0 aliphatic rings. The van der Waals surface area contributed by atoms with Gasteiger partial charge in [0.15, 0.2) is 0 Å². The molecule has 0 bridgehead atoms. The summed E-state index contributed by atoms with van der Waals surface area (Å²) >= 11 is 2.67. The summed E-state index contributed by atoms with van der Waals surface area (Å²) in [5.74, 6) is 0.358. The van der Waals surface area contributed by atoms with Crippen LogP contribution in [0.5, 0.6) is 5.75 Å². The second-order valence-electron chi connectivity index (χ2n) is 9.63. The van der Waals surface area contributed by atoms with Crippen LogP contribution >= 0.6 is 23.1 Å². The predicted octanol–water partition coefficient (Wildman–Crippen LogP) is 6.64. The number of thioether (sulfide) groups is 1. The number of benzene rings is 3. The molecule has 45 heavy (non-hydrogen) atoms. The van der Waals surface area contributed by atoms with Crippen molar-refractivity contribution in [2.24, 2.45) is 0 Å². The topological polar surface area (TPSA) is 135 Å². The molecule has 0 fully saturated rings. The predicted molar refractivity (Wildman–Crippen MR) is 176 cm³/mol. The number of hydrogen-bond donors (Lipinski definition) is 3. The molecular formula is C33H29N5O5S2. The molecule has 3 amide bonds. The van der Waals surface area contributed by atoms with Crippen LogP contribution in [-0.4, -0.2) is 40.3 Å². The van der Waals surface area contributed by atoms with Gasteiger partial charge in [-0.1, -0.05) is 41.7 Å². The van der Waals surface area contributed by atoms with Crippen molar-refractivity contribution < 1.29 is 23.5 Å². The Bertz CT molecular complexity index is 1830. The molecule has 0 radical (unpaired) electrons. The molecule has 2 heterocycles. The van der Waals surface area contributed by atoms with Gasteiger partial charge in [-0.2, -0.15) is 0 Å². The maximum Gasteiger partial charge on any atom is 0.272 e. The van der Waals surface area contributed by atoms with Gasteiger partial charge in [-0.05, 0) is 74.5 Å². The fourth-order valence-electron chi connectivity index (χ4n) is 4.14. The third-order valence-electron chi connectivity index (χ3n) is 6.37. The number of carbonyl (C=O) groups excluding carboxylic acids is 3. The summed E-state index contributed by atoms with van der Waals surface area (Å²) in [6.07, 6.45) is 1.47. The highest BCUT2D eigenvalue weighted by Crippen LogP contribution is 2.31. The summed E-state index contributed by atoms with van der Waals surface area (Å²) < 4.78 is 11.5. The fourth-order valence-corrected chi connectivity index (χ4v) is 5.60. The van der Waals surface area contributed by atoms with Crippen molar-refractivity contribution in [3.8, 4) is 17.1 Å². The molecule has 228 valence electrons. The molecule has 2 aromatic heterocycles. The van der Waals surface area contributed by atoms with Gasteiger partial charge in [-0.3, -0.25) is 19.7 Å². The first-order chi connectivity index (χ1) is 21.8. The van der Waals surface area contributed by atoms with E-state index in [4.69, 9.17) is 9.15 Å². The molecule has 3 aromatic carbocycles. The van der Waals surface area contributed by atoms with Crippen LogP contribution in [0.3, 0.4) is 0 Å². The van der Waals surface area contributed by atoms with Crippen molar-refractivity contribution in [2.45, 2.75) is 24.0 Å². The van der Waals surface area contributed by atoms with Crippen LogP contribution in [0.25, 0.3) is 17.4 Å². The third kappa shape index (κ3) is 8.25. The van der Waals surface area contributed by atoms with Crippen molar-refractivity contribution in [3.63, 3.8) is 0 Å². The zero-order valence-electron chi connectivity index (χ0n) is 24.6. The molecule has 0 saturated carbocycles. The molecule has 0 aliphatic carbocycles. The van der Waals surface area contributed by atoms with Gasteiger partial charge in [0, 0.05) is 22.2 Å². The average molecular weight is 640 g/mol. The van der Waals surface area contributed by atoms with E-state index in [1.165, 1.54) is 29.2 Å². The van der Waals surface area contributed by atoms with Crippen LogP contribution in [0.15, 0.2) is 106 Å². The minimum absolute atomic E-state index is 0.0135. The minimum atomic E-state index is -0.546. The van der Waals surface area contributed by atoms with E-state index in [9.17, 15) is 14.4 Å². The highest BCUT2D eigenvalue weighted by atomic mass is 32.2. The molecule has 3 N–H and O–H groups in total. The quantitative estimate of drug-likeness (QED) is 0.108. The van der Waals surface area contributed by atoms with Gasteiger partial charge in [-0.15, -0.1) is 22.0 Å². The Balaban J connectivity index is 1.30. The zero-order chi connectivity index (χ0) is 31.8. The first kappa shape index (κ1) is 31.2. The number of para-hydroxylation sites is 1. The maximum atomic E-state index is 13.5. The molecule has 1 atom stereocenters. The van der Waals surface area contributed by atoms with Crippen molar-refractivity contribution in [1.82, 2.24) is 15.5 Å². The number of anilines is 2. The fraction of sp³-hybridized carbons (Fsp3) is 0.121. The molecule has 0 spiro atoms. The first-order valence-electron chi connectivity index (χ1n) is 13.8. The monoisotopic (exact) mass is 639 g/mol. The Labute approximate surface area is 267 Å². The molecule has 5 aromatic rings. The highest BCUT2D eigenvalue weighted by molar-refractivity contribution is 8.00. The Kier molecular flexibility index (Phi) is 10.1. The number of aryl methyl sites for hydroxylation is 1. The summed E-state index contributed by atoms with van der Waals surface area (Å²) in [5, 5.41) is 17.0. The Morgan fingerprint density at radius 1 is 0.911 bits per heavy atom. The minimum Gasteiger partial charge on any atom is -0.496 e. The van der Waals surface area contributed by atoms with E-state index in [0.29, 0.717) is 33.7 Å². The lowest BCUT2D eigenvalue weighted by Gasteiger charge is -2.12. The van der Waals surface area contributed by atoms with E-state index in [2.05, 4.69) is 26.1 Å². The van der Waals surface area contributed by atoms with Crippen LogP contribution in [0.4, 0.5) is 10.8 Å². The lowest BCUT2D eigenvalue weighted by atomic mass is 10.1.